The highest BCUT2D eigenvalue weighted by Gasteiger charge is 2.51. The number of thiazole rings is 1. The summed E-state index contributed by atoms with van der Waals surface area (Å²) < 4.78 is 1.00. The molecule has 1 saturated heterocycles. The van der Waals surface area contributed by atoms with E-state index >= 15 is 0 Å². The molecule has 2 fully saturated rings. The number of hydrogen-bond donors (Lipinski definition) is 1. The third-order valence-corrected chi connectivity index (χ3v) is 7.44. The molecule has 1 aliphatic carbocycles. The number of likely N-dealkylation sites (tertiary alicyclic amines) is 1. The van der Waals surface area contributed by atoms with Crippen molar-refractivity contribution in [3.8, 4) is 0 Å². The van der Waals surface area contributed by atoms with E-state index in [2.05, 4.69) is 10.3 Å². The van der Waals surface area contributed by atoms with Crippen LogP contribution in [0.15, 0.2) is 18.2 Å². The van der Waals surface area contributed by atoms with Crippen LogP contribution in [0.2, 0.25) is 0 Å². The first kappa shape index (κ1) is 20.3. The van der Waals surface area contributed by atoms with Crippen LogP contribution in [0.5, 0.6) is 0 Å². The molecule has 2 aliphatic rings. The molecule has 2 aromatic rings. The molecular weight excluding hydrogens is 406 g/mol. The van der Waals surface area contributed by atoms with E-state index in [4.69, 9.17) is 0 Å². The molecule has 8 heteroatoms. The molecule has 1 N–H and O–H groups in total. The molecule has 1 aliphatic heterocycles. The lowest BCUT2D eigenvalue weighted by molar-refractivity contribution is -0.146. The maximum absolute atomic E-state index is 13.1. The normalized spacial score (nSPS) is 22.8. The van der Waals surface area contributed by atoms with Gasteiger partial charge in [0.1, 0.15) is 6.04 Å². The van der Waals surface area contributed by atoms with Crippen LogP contribution in [0.4, 0.5) is 5.13 Å². The number of nitrogens with zero attached hydrogens (tertiary/aromatic N) is 2. The van der Waals surface area contributed by atoms with Crippen molar-refractivity contribution < 1.29 is 14.4 Å². The van der Waals surface area contributed by atoms with Gasteiger partial charge in [0, 0.05) is 0 Å². The average Bonchev–Trinajstić information content (AvgIpc) is 3.21. The minimum absolute atomic E-state index is 0.166. The van der Waals surface area contributed by atoms with Gasteiger partial charge < -0.3 is 5.32 Å². The van der Waals surface area contributed by atoms with Crippen molar-refractivity contribution in [3.63, 3.8) is 0 Å². The van der Waals surface area contributed by atoms with Crippen LogP contribution in [0.3, 0.4) is 0 Å². The van der Waals surface area contributed by atoms with Gasteiger partial charge in [0.15, 0.2) is 5.13 Å². The van der Waals surface area contributed by atoms with Crippen molar-refractivity contribution in [2.45, 2.75) is 45.1 Å². The van der Waals surface area contributed by atoms with Gasteiger partial charge in [-0.15, -0.1) is 0 Å². The fraction of sp³-hybridized carbons (Fsp3) is 0.524. The highest BCUT2D eigenvalue weighted by atomic mass is 32.2. The van der Waals surface area contributed by atoms with E-state index < -0.39 is 6.04 Å². The van der Waals surface area contributed by atoms with E-state index in [-0.39, 0.29) is 29.6 Å². The Morgan fingerprint density at radius 3 is 2.62 bits per heavy atom. The summed E-state index contributed by atoms with van der Waals surface area (Å²) in [6.07, 6.45) is 5.85. The molecule has 3 atom stereocenters. The first-order valence-electron chi connectivity index (χ1n) is 10.0. The quantitative estimate of drug-likeness (QED) is 0.703. The number of carbonyl (C=O) groups excluding carboxylic acids is 3. The SMILES string of the molecule is CSCCC(C(=O)Nc1nc2ccc(C)cc2s1)N1C(=O)C2CCCCC2C1=O. The summed E-state index contributed by atoms with van der Waals surface area (Å²) in [4.78, 5) is 44.9. The van der Waals surface area contributed by atoms with E-state index in [0.29, 0.717) is 17.3 Å². The number of anilines is 1. The Bertz CT molecular complexity index is 934. The number of aryl methyl sites for hydroxylation is 1. The van der Waals surface area contributed by atoms with Crippen LogP contribution in [-0.4, -0.2) is 45.7 Å². The number of hydrogen-bond acceptors (Lipinski definition) is 6. The molecule has 0 radical (unpaired) electrons. The Morgan fingerprint density at radius 1 is 1.28 bits per heavy atom. The van der Waals surface area contributed by atoms with Gasteiger partial charge in [0.2, 0.25) is 17.7 Å². The monoisotopic (exact) mass is 431 g/mol. The lowest BCUT2D eigenvalue weighted by atomic mass is 9.81. The summed E-state index contributed by atoms with van der Waals surface area (Å²) in [5.41, 5.74) is 1.96. The topological polar surface area (TPSA) is 79.4 Å². The van der Waals surface area contributed by atoms with Crippen molar-refractivity contribution in [1.82, 2.24) is 9.88 Å². The molecule has 4 rings (SSSR count). The molecule has 154 valence electrons. The minimum Gasteiger partial charge on any atom is -0.300 e. The zero-order valence-corrected chi connectivity index (χ0v) is 18.3. The number of amides is 3. The predicted octanol–water partition coefficient (Wildman–Crippen LogP) is 3.84. The smallest absolute Gasteiger partial charge is 0.249 e. The van der Waals surface area contributed by atoms with E-state index in [1.54, 1.807) is 11.8 Å². The Labute approximate surface area is 178 Å². The first-order valence-corrected chi connectivity index (χ1v) is 12.2. The molecule has 0 bridgehead atoms. The molecule has 29 heavy (non-hydrogen) atoms. The van der Waals surface area contributed by atoms with Crippen LogP contribution in [-0.2, 0) is 14.4 Å². The Balaban J connectivity index is 1.57. The van der Waals surface area contributed by atoms with Crippen molar-refractivity contribution in [3.05, 3.63) is 23.8 Å². The van der Waals surface area contributed by atoms with E-state index in [1.807, 2.05) is 31.4 Å². The molecule has 3 amide bonds. The van der Waals surface area contributed by atoms with Gasteiger partial charge in [0.25, 0.3) is 0 Å². The lowest BCUT2D eigenvalue weighted by Gasteiger charge is -2.25. The summed E-state index contributed by atoms with van der Waals surface area (Å²) in [5, 5.41) is 3.37. The van der Waals surface area contributed by atoms with Gasteiger partial charge in [-0.1, -0.05) is 30.2 Å². The molecule has 1 aromatic carbocycles. The summed E-state index contributed by atoms with van der Waals surface area (Å²) in [6.45, 7) is 2.01. The van der Waals surface area contributed by atoms with Crippen LogP contribution >= 0.6 is 23.1 Å². The molecular formula is C21H25N3O3S2. The number of imide groups is 1. The average molecular weight is 432 g/mol. The third-order valence-electron chi connectivity index (χ3n) is 5.86. The number of fused-ring (bicyclic) bond motifs is 2. The van der Waals surface area contributed by atoms with E-state index in [0.717, 1.165) is 41.5 Å². The van der Waals surface area contributed by atoms with Crippen molar-refractivity contribution in [2.75, 3.05) is 17.3 Å². The number of carbonyl (C=O) groups is 3. The second-order valence-electron chi connectivity index (χ2n) is 7.82. The third kappa shape index (κ3) is 3.92. The Hall–Kier alpha value is -1.93. The second-order valence-corrected chi connectivity index (χ2v) is 9.84. The van der Waals surface area contributed by atoms with Crippen molar-refractivity contribution in [1.29, 1.82) is 0 Å². The molecule has 1 aromatic heterocycles. The van der Waals surface area contributed by atoms with Gasteiger partial charge in [0.05, 0.1) is 22.1 Å². The highest BCUT2D eigenvalue weighted by Crippen LogP contribution is 2.39. The zero-order valence-electron chi connectivity index (χ0n) is 16.6. The lowest BCUT2D eigenvalue weighted by Crippen LogP contribution is -2.48. The zero-order chi connectivity index (χ0) is 20.5. The number of nitrogens with one attached hydrogen (secondary N) is 1. The molecule has 2 heterocycles. The van der Waals surface area contributed by atoms with E-state index in [1.165, 1.54) is 16.2 Å². The number of aromatic nitrogens is 1. The maximum Gasteiger partial charge on any atom is 0.249 e. The van der Waals surface area contributed by atoms with Gasteiger partial charge in [-0.2, -0.15) is 11.8 Å². The highest BCUT2D eigenvalue weighted by molar-refractivity contribution is 7.98. The van der Waals surface area contributed by atoms with Gasteiger partial charge in [-0.25, -0.2) is 4.98 Å². The fourth-order valence-electron chi connectivity index (χ4n) is 4.38. The van der Waals surface area contributed by atoms with E-state index in [9.17, 15) is 14.4 Å². The molecule has 1 saturated carbocycles. The summed E-state index contributed by atoms with van der Waals surface area (Å²) in [6, 6.07) is 5.17. The number of benzene rings is 1. The largest absolute Gasteiger partial charge is 0.300 e. The Morgan fingerprint density at radius 2 is 1.97 bits per heavy atom. The second kappa shape index (κ2) is 8.44. The van der Waals surface area contributed by atoms with Crippen LogP contribution in [0.1, 0.15) is 37.7 Å². The fourth-order valence-corrected chi connectivity index (χ4v) is 5.80. The molecule has 6 nitrogen and oxygen atoms in total. The van der Waals surface area contributed by atoms with Gasteiger partial charge in [-0.05, 0) is 55.9 Å². The van der Waals surface area contributed by atoms with Crippen LogP contribution in [0, 0.1) is 18.8 Å². The Kier molecular flexibility index (Phi) is 5.92. The summed E-state index contributed by atoms with van der Waals surface area (Å²) in [5.74, 6) is -0.446. The minimum atomic E-state index is -0.776. The van der Waals surface area contributed by atoms with Crippen molar-refractivity contribution >= 4 is 56.2 Å². The first-order chi connectivity index (χ1) is 14.0. The number of thioether (sulfide) groups is 1. The van der Waals surface area contributed by atoms with Crippen LogP contribution < -0.4 is 5.32 Å². The standard InChI is InChI=1S/C21H25N3O3S2/c1-12-7-8-15-17(11-12)29-21(22-15)23-18(25)16(9-10-28-2)24-19(26)13-5-3-4-6-14(13)20(24)27/h7-8,11,13-14,16H,3-6,9-10H2,1-2H3,(H,22,23,25). The molecule has 3 unspecified atom stereocenters. The predicted molar refractivity (Wildman–Crippen MR) is 117 cm³/mol. The number of rotatable bonds is 6. The maximum atomic E-state index is 13.1. The van der Waals surface area contributed by atoms with Gasteiger partial charge in [-0.3, -0.25) is 19.3 Å². The summed E-state index contributed by atoms with van der Waals surface area (Å²) in [7, 11) is 0. The van der Waals surface area contributed by atoms with Crippen molar-refractivity contribution in [2.24, 2.45) is 11.8 Å². The van der Waals surface area contributed by atoms with Crippen LogP contribution in [0.25, 0.3) is 10.2 Å². The van der Waals surface area contributed by atoms with Gasteiger partial charge >= 0.3 is 0 Å². The summed E-state index contributed by atoms with van der Waals surface area (Å²) >= 11 is 3.01. The molecule has 0 spiro atoms.